The molecule has 136 valence electrons. The van der Waals surface area contributed by atoms with Crippen molar-refractivity contribution < 1.29 is 23.9 Å². The molecule has 1 rings (SSSR count). The van der Waals surface area contributed by atoms with Gasteiger partial charge in [-0.15, -0.1) is 11.8 Å². The van der Waals surface area contributed by atoms with Crippen molar-refractivity contribution in [1.82, 2.24) is 10.6 Å². The minimum absolute atomic E-state index is 0.0712. The number of ether oxygens (including phenoxy) is 1. The van der Waals surface area contributed by atoms with Crippen LogP contribution in [-0.2, 0) is 19.1 Å². The van der Waals surface area contributed by atoms with Crippen LogP contribution in [-0.4, -0.2) is 48.5 Å². The SMILES string of the molecule is CNC(=O)NC(=O)[C@H](C)OC(=O)CSCC(=O)Nc1ccc(C)cc1. The van der Waals surface area contributed by atoms with Gasteiger partial charge in [0.25, 0.3) is 5.91 Å². The Bertz CT molecular complexity index is 633. The fourth-order valence-corrected chi connectivity index (χ4v) is 2.22. The van der Waals surface area contributed by atoms with Crippen LogP contribution in [0.5, 0.6) is 0 Å². The largest absolute Gasteiger partial charge is 0.452 e. The van der Waals surface area contributed by atoms with Crippen molar-refractivity contribution in [2.75, 3.05) is 23.9 Å². The molecule has 1 atom stereocenters. The van der Waals surface area contributed by atoms with Gasteiger partial charge in [-0.2, -0.15) is 0 Å². The third kappa shape index (κ3) is 8.20. The van der Waals surface area contributed by atoms with Crippen LogP contribution < -0.4 is 16.0 Å². The van der Waals surface area contributed by atoms with Gasteiger partial charge in [0.2, 0.25) is 5.91 Å². The van der Waals surface area contributed by atoms with Crippen LogP contribution in [0.25, 0.3) is 0 Å². The zero-order chi connectivity index (χ0) is 18.8. The van der Waals surface area contributed by atoms with Gasteiger partial charge in [-0.05, 0) is 26.0 Å². The summed E-state index contributed by atoms with van der Waals surface area (Å²) >= 11 is 1.07. The van der Waals surface area contributed by atoms with Gasteiger partial charge < -0.3 is 15.4 Å². The summed E-state index contributed by atoms with van der Waals surface area (Å²) in [7, 11) is 1.36. The smallest absolute Gasteiger partial charge is 0.321 e. The number of anilines is 1. The molecule has 1 aromatic carbocycles. The topological polar surface area (TPSA) is 114 Å². The van der Waals surface area contributed by atoms with Gasteiger partial charge in [-0.25, -0.2) is 4.79 Å². The molecule has 0 saturated carbocycles. The second kappa shape index (κ2) is 10.3. The Kier molecular flexibility index (Phi) is 8.48. The fraction of sp³-hybridized carbons (Fsp3) is 0.375. The molecule has 0 radical (unpaired) electrons. The summed E-state index contributed by atoms with van der Waals surface area (Å²) in [5, 5.41) is 6.93. The predicted molar refractivity (Wildman–Crippen MR) is 95.3 cm³/mol. The van der Waals surface area contributed by atoms with Crippen LogP contribution >= 0.6 is 11.8 Å². The molecule has 0 spiro atoms. The molecule has 0 saturated heterocycles. The molecule has 0 aliphatic rings. The average Bonchev–Trinajstić information content (AvgIpc) is 2.56. The second-order valence-electron chi connectivity index (χ2n) is 5.11. The van der Waals surface area contributed by atoms with E-state index < -0.39 is 24.0 Å². The Hall–Kier alpha value is -2.55. The van der Waals surface area contributed by atoms with Crippen molar-refractivity contribution in [2.24, 2.45) is 0 Å². The summed E-state index contributed by atoms with van der Waals surface area (Å²) in [6.45, 7) is 3.30. The van der Waals surface area contributed by atoms with Crippen molar-refractivity contribution in [2.45, 2.75) is 20.0 Å². The Morgan fingerprint density at radius 1 is 1.12 bits per heavy atom. The number of hydrogen-bond acceptors (Lipinski definition) is 6. The van der Waals surface area contributed by atoms with E-state index in [9.17, 15) is 19.2 Å². The van der Waals surface area contributed by atoms with Gasteiger partial charge in [0, 0.05) is 12.7 Å². The molecular formula is C16H21N3O5S. The lowest BCUT2D eigenvalue weighted by atomic mass is 10.2. The summed E-state index contributed by atoms with van der Waals surface area (Å²) in [5.41, 5.74) is 1.77. The molecule has 0 aromatic heterocycles. The number of hydrogen-bond donors (Lipinski definition) is 3. The first-order chi connectivity index (χ1) is 11.8. The van der Waals surface area contributed by atoms with Crippen LogP contribution in [0, 0.1) is 6.92 Å². The third-order valence-corrected chi connectivity index (χ3v) is 3.84. The zero-order valence-corrected chi connectivity index (χ0v) is 15.1. The first-order valence-corrected chi connectivity index (χ1v) is 8.63. The molecule has 9 heteroatoms. The number of imide groups is 1. The summed E-state index contributed by atoms with van der Waals surface area (Å²) in [6, 6.07) is 6.66. The lowest BCUT2D eigenvalue weighted by Gasteiger charge is -2.12. The third-order valence-electron chi connectivity index (χ3n) is 2.93. The van der Waals surface area contributed by atoms with E-state index in [1.165, 1.54) is 14.0 Å². The first kappa shape index (κ1) is 20.5. The predicted octanol–water partition coefficient (Wildman–Crippen LogP) is 1.05. The van der Waals surface area contributed by atoms with Crippen molar-refractivity contribution in [3.63, 3.8) is 0 Å². The second-order valence-corrected chi connectivity index (χ2v) is 6.09. The van der Waals surface area contributed by atoms with E-state index in [0.29, 0.717) is 5.69 Å². The van der Waals surface area contributed by atoms with Gasteiger partial charge in [0.15, 0.2) is 6.10 Å². The van der Waals surface area contributed by atoms with E-state index in [4.69, 9.17) is 4.74 Å². The maximum Gasteiger partial charge on any atom is 0.321 e. The van der Waals surface area contributed by atoms with Gasteiger partial charge in [-0.3, -0.25) is 19.7 Å². The van der Waals surface area contributed by atoms with E-state index in [-0.39, 0.29) is 17.4 Å². The minimum atomic E-state index is -1.10. The quantitative estimate of drug-likeness (QED) is 0.621. The number of nitrogens with one attached hydrogen (secondary N) is 3. The molecule has 0 aliphatic heterocycles. The average molecular weight is 367 g/mol. The molecule has 0 unspecified atom stereocenters. The Morgan fingerprint density at radius 2 is 1.76 bits per heavy atom. The number of benzene rings is 1. The van der Waals surface area contributed by atoms with Crippen LogP contribution in [0.3, 0.4) is 0 Å². The molecule has 25 heavy (non-hydrogen) atoms. The zero-order valence-electron chi connectivity index (χ0n) is 14.3. The number of urea groups is 1. The Labute approximate surface area is 150 Å². The highest BCUT2D eigenvalue weighted by atomic mass is 32.2. The van der Waals surface area contributed by atoms with Crippen LogP contribution in [0.15, 0.2) is 24.3 Å². The fourth-order valence-electron chi connectivity index (χ4n) is 1.62. The number of carbonyl (C=O) groups is 4. The van der Waals surface area contributed by atoms with Crippen molar-refractivity contribution in [3.05, 3.63) is 29.8 Å². The molecule has 4 amide bonds. The highest BCUT2D eigenvalue weighted by molar-refractivity contribution is 8.00. The molecule has 8 nitrogen and oxygen atoms in total. The van der Waals surface area contributed by atoms with Crippen LogP contribution in [0.2, 0.25) is 0 Å². The summed E-state index contributed by atoms with van der Waals surface area (Å²) in [4.78, 5) is 45.9. The summed E-state index contributed by atoms with van der Waals surface area (Å²) in [6.07, 6.45) is -1.10. The molecule has 0 bridgehead atoms. The van der Waals surface area contributed by atoms with Crippen molar-refractivity contribution >= 4 is 41.3 Å². The molecule has 1 aromatic rings. The molecule has 0 aliphatic carbocycles. The van der Waals surface area contributed by atoms with E-state index >= 15 is 0 Å². The number of carbonyl (C=O) groups excluding carboxylic acids is 4. The minimum Gasteiger partial charge on any atom is -0.452 e. The highest BCUT2D eigenvalue weighted by Crippen LogP contribution is 2.10. The van der Waals surface area contributed by atoms with Crippen molar-refractivity contribution in [3.8, 4) is 0 Å². The number of rotatable bonds is 7. The Morgan fingerprint density at radius 3 is 2.36 bits per heavy atom. The maximum absolute atomic E-state index is 11.8. The molecule has 3 N–H and O–H groups in total. The number of amides is 4. The van der Waals surface area contributed by atoms with Crippen molar-refractivity contribution in [1.29, 1.82) is 0 Å². The Balaban J connectivity index is 2.27. The van der Waals surface area contributed by atoms with E-state index in [0.717, 1.165) is 17.3 Å². The lowest BCUT2D eigenvalue weighted by Crippen LogP contribution is -2.43. The molecular weight excluding hydrogens is 346 g/mol. The normalized spacial score (nSPS) is 11.2. The van der Waals surface area contributed by atoms with E-state index in [1.54, 1.807) is 12.1 Å². The van der Waals surface area contributed by atoms with Gasteiger partial charge in [-0.1, -0.05) is 17.7 Å². The number of thioether (sulfide) groups is 1. The van der Waals surface area contributed by atoms with Gasteiger partial charge in [0.05, 0.1) is 11.5 Å². The van der Waals surface area contributed by atoms with Gasteiger partial charge >= 0.3 is 12.0 Å². The van der Waals surface area contributed by atoms with Crippen LogP contribution in [0.1, 0.15) is 12.5 Å². The van der Waals surface area contributed by atoms with Crippen LogP contribution in [0.4, 0.5) is 10.5 Å². The number of esters is 1. The number of aryl methyl sites for hydroxylation is 1. The highest BCUT2D eigenvalue weighted by Gasteiger charge is 2.19. The molecule has 0 heterocycles. The summed E-state index contributed by atoms with van der Waals surface area (Å²) < 4.78 is 4.89. The first-order valence-electron chi connectivity index (χ1n) is 7.48. The standard InChI is InChI=1S/C16H21N3O5S/c1-10-4-6-12(7-5-10)18-13(20)8-25-9-14(21)24-11(2)15(22)19-16(23)17-3/h4-7,11H,8-9H2,1-3H3,(H,18,20)(H2,17,19,22,23)/t11-/m0/s1. The molecule has 0 fully saturated rings. The van der Waals surface area contributed by atoms with Gasteiger partial charge in [0.1, 0.15) is 0 Å². The lowest BCUT2D eigenvalue weighted by molar-refractivity contribution is -0.151. The monoisotopic (exact) mass is 367 g/mol. The summed E-state index contributed by atoms with van der Waals surface area (Å²) in [5.74, 6) is -1.63. The van der Waals surface area contributed by atoms with E-state index in [1.807, 2.05) is 24.4 Å². The van der Waals surface area contributed by atoms with E-state index in [2.05, 4.69) is 10.6 Å². The maximum atomic E-state index is 11.8.